The van der Waals surface area contributed by atoms with Crippen LogP contribution in [0.25, 0.3) is 21.5 Å². The van der Waals surface area contributed by atoms with E-state index in [2.05, 4.69) is 16.0 Å². The van der Waals surface area contributed by atoms with E-state index >= 15 is 4.79 Å². The van der Waals surface area contributed by atoms with Gasteiger partial charge in [0.1, 0.15) is 17.8 Å². The van der Waals surface area contributed by atoms with Gasteiger partial charge in [-0.15, -0.1) is 23.2 Å². The second kappa shape index (κ2) is 18.3. The topological polar surface area (TPSA) is 212 Å². The molecule has 3 heterocycles. The lowest BCUT2D eigenvalue weighted by molar-refractivity contribution is -0.137. The van der Waals surface area contributed by atoms with Gasteiger partial charge in [0.15, 0.2) is 0 Å². The number of carbonyl (C=O) groups excluding carboxylic acids is 7. The highest BCUT2D eigenvalue weighted by molar-refractivity contribution is 7.52. The van der Waals surface area contributed by atoms with Crippen molar-refractivity contribution in [2.45, 2.75) is 89.6 Å². The van der Waals surface area contributed by atoms with E-state index in [1.807, 2.05) is 48.5 Å². The van der Waals surface area contributed by atoms with E-state index < -0.39 is 47.7 Å². The maximum absolute atomic E-state index is 15.1. The third-order valence-corrected chi connectivity index (χ3v) is 17.4. The first-order chi connectivity index (χ1) is 34.3. The van der Waals surface area contributed by atoms with Crippen LogP contribution in [-0.2, 0) is 38.1 Å². The number of nitrogens with one attached hydrogen (secondary N) is 3. The standard InChI is InChI=1S/C53H57Cl2N6O10P/c1-29(2)46(58-41(62)16-6-5-11-19-59-42(63)17-18-43(59)64)48(66)56-30(3)47(65)57-37-20-38-44(35-14-9-7-12-33(35)37)31(22-54)24-60(38)49(67)51-26-52(28-53(51,52)27-51)50(68)61-25-32(23-55)45-36-15-10-8-13-34(36)40(21-39(45)61)71-72(4,69)70/h7-10,12-15,17-18,20-21,29-32,46H,5-6,11,16,19,22-28H2,1-4H3,(H,56,66)(H,57,65)(H,58,62)(H,69,70)/t30-,31+,32+,46-,51?,52?,53?/m0/s1. The minimum absolute atomic E-state index is 0.0800. The summed E-state index contributed by atoms with van der Waals surface area (Å²) >= 11 is 13.2. The van der Waals surface area contributed by atoms with Crippen molar-refractivity contribution in [2.24, 2.45) is 22.2 Å². The van der Waals surface area contributed by atoms with Crippen molar-refractivity contribution in [3.05, 3.63) is 83.9 Å². The highest BCUT2D eigenvalue weighted by Crippen LogP contribution is 3.01. The predicted molar refractivity (Wildman–Crippen MR) is 274 cm³/mol. The Kier molecular flexibility index (Phi) is 12.6. The summed E-state index contributed by atoms with van der Waals surface area (Å²) in [4.78, 5) is 109. The molecule has 10 rings (SSSR count). The molecule has 3 saturated carbocycles. The number of imide groups is 1. The summed E-state index contributed by atoms with van der Waals surface area (Å²) in [5.74, 6) is -2.23. The largest absolute Gasteiger partial charge is 0.424 e. The lowest BCUT2D eigenvalue weighted by Crippen LogP contribution is -2.53. The monoisotopic (exact) mass is 1040 g/mol. The van der Waals surface area contributed by atoms with Gasteiger partial charge in [0.2, 0.25) is 29.5 Å². The number of anilines is 3. The van der Waals surface area contributed by atoms with Crippen LogP contribution in [0.4, 0.5) is 17.1 Å². The molecule has 19 heteroatoms. The number of rotatable bonds is 18. The minimum Gasteiger partial charge on any atom is -0.424 e. The van der Waals surface area contributed by atoms with Crippen molar-refractivity contribution in [1.82, 2.24) is 15.5 Å². The summed E-state index contributed by atoms with van der Waals surface area (Å²) in [6.07, 6.45) is 5.74. The Bertz CT molecular complexity index is 3090. The Morgan fingerprint density at radius 2 is 1.29 bits per heavy atom. The molecule has 4 N–H and O–H groups in total. The molecule has 0 bridgehead atoms. The summed E-state index contributed by atoms with van der Waals surface area (Å²) in [5, 5.41) is 11.6. The first-order valence-electron chi connectivity index (χ1n) is 24.6. The van der Waals surface area contributed by atoms with Gasteiger partial charge in [-0.25, -0.2) is 4.57 Å². The quantitative estimate of drug-likeness (QED) is 0.0334. The number of nitrogens with zero attached hydrogens (tertiary/aromatic N) is 3. The number of amides is 7. The third-order valence-electron chi connectivity index (χ3n) is 16.1. The fourth-order valence-corrected chi connectivity index (χ4v) is 13.6. The summed E-state index contributed by atoms with van der Waals surface area (Å²) < 4.78 is 18.1. The van der Waals surface area contributed by atoms with E-state index in [1.54, 1.807) is 42.7 Å². The van der Waals surface area contributed by atoms with Gasteiger partial charge in [-0.3, -0.25) is 38.5 Å². The fourth-order valence-electron chi connectivity index (χ4n) is 12.5. The number of hydrogen-bond donors (Lipinski definition) is 4. The van der Waals surface area contributed by atoms with Crippen LogP contribution >= 0.6 is 30.8 Å². The van der Waals surface area contributed by atoms with Crippen molar-refractivity contribution in [2.75, 3.05) is 53.2 Å². The molecule has 16 nitrogen and oxygen atoms in total. The Labute approximate surface area is 426 Å². The Morgan fingerprint density at radius 1 is 0.750 bits per heavy atom. The predicted octanol–water partition coefficient (Wildman–Crippen LogP) is 7.46. The zero-order chi connectivity index (χ0) is 51.2. The summed E-state index contributed by atoms with van der Waals surface area (Å²) in [6.45, 7) is 7.19. The first kappa shape index (κ1) is 49.8. The summed E-state index contributed by atoms with van der Waals surface area (Å²) in [6, 6.07) is 16.5. The molecule has 4 aromatic carbocycles. The molecule has 6 aliphatic rings. The van der Waals surface area contributed by atoms with Crippen LogP contribution in [0.15, 0.2) is 72.8 Å². The number of benzene rings is 4. The Balaban J connectivity index is 0.826. The van der Waals surface area contributed by atoms with Crippen LogP contribution in [0.3, 0.4) is 0 Å². The SMILES string of the molecule is CC(C)[C@H](NC(=O)CCCCCN1C(=O)C=CC1=O)C(=O)N[C@@H](C)C(=O)Nc1cc2c(c3ccccc13)[C@H](CCl)CN2C(=O)C12CC3(C(=O)N4C[C@@H](CCl)c5c4cc(OP(C)(=O)O)c4ccccc54)CC13C2. The normalized spacial score (nSPS) is 25.8. The molecule has 3 aliphatic heterocycles. The second-order valence-corrected chi connectivity index (χ2v) is 23.3. The molecule has 0 saturated heterocycles. The maximum atomic E-state index is 15.1. The van der Waals surface area contributed by atoms with E-state index in [1.165, 1.54) is 12.2 Å². The van der Waals surface area contributed by atoms with Crippen molar-refractivity contribution >= 4 is 111 Å². The smallest absolute Gasteiger partial charge is 0.373 e. The van der Waals surface area contributed by atoms with E-state index in [-0.39, 0.29) is 77.8 Å². The van der Waals surface area contributed by atoms with Crippen LogP contribution in [0, 0.1) is 22.2 Å². The fraction of sp³-hybridized carbons (Fsp3) is 0.453. The highest BCUT2D eigenvalue weighted by Gasteiger charge is 3.01. The van der Waals surface area contributed by atoms with Crippen LogP contribution in [0.2, 0.25) is 0 Å². The number of alkyl halides is 2. The zero-order valence-corrected chi connectivity index (χ0v) is 42.9. The van der Waals surface area contributed by atoms with Crippen molar-refractivity contribution in [1.29, 1.82) is 0 Å². The first-order valence-corrected chi connectivity index (χ1v) is 27.7. The van der Waals surface area contributed by atoms with Gasteiger partial charge < -0.3 is 35.2 Å². The van der Waals surface area contributed by atoms with Crippen LogP contribution < -0.4 is 30.3 Å². The van der Waals surface area contributed by atoms with E-state index in [9.17, 15) is 38.2 Å². The highest BCUT2D eigenvalue weighted by atomic mass is 35.5. The molecule has 0 radical (unpaired) electrons. The van der Waals surface area contributed by atoms with Crippen LogP contribution in [0.1, 0.15) is 88.7 Å². The van der Waals surface area contributed by atoms with Gasteiger partial charge in [0.25, 0.3) is 11.8 Å². The molecule has 0 aromatic heterocycles. The maximum Gasteiger partial charge on any atom is 0.373 e. The molecule has 72 heavy (non-hydrogen) atoms. The number of unbranched alkanes of at least 4 members (excludes halogenated alkanes) is 2. The molecule has 4 aromatic rings. The average Bonchev–Trinajstić information content (AvgIpc) is 3.72. The summed E-state index contributed by atoms with van der Waals surface area (Å²) in [5.41, 5.74) is 1.47. The third kappa shape index (κ3) is 8.08. The Hall–Kier alpha value is -5.80. The van der Waals surface area contributed by atoms with E-state index in [0.717, 1.165) is 38.9 Å². The number of carbonyl (C=O) groups is 7. The number of halogens is 2. The van der Waals surface area contributed by atoms with Gasteiger partial charge in [-0.05, 0) is 72.9 Å². The molecule has 378 valence electrons. The molecule has 7 amide bonds. The number of fused-ring (bicyclic) bond motifs is 6. The van der Waals surface area contributed by atoms with Crippen molar-refractivity contribution < 1.29 is 47.5 Å². The lowest BCUT2D eigenvalue weighted by Gasteiger charge is -2.37. The molecule has 8 atom stereocenters. The van der Waals surface area contributed by atoms with Gasteiger partial charge in [0.05, 0.1) is 22.2 Å². The van der Waals surface area contributed by atoms with Crippen molar-refractivity contribution in [3.8, 4) is 5.75 Å². The Morgan fingerprint density at radius 3 is 1.83 bits per heavy atom. The lowest BCUT2D eigenvalue weighted by atomic mass is 9.72. The van der Waals surface area contributed by atoms with Gasteiger partial charge >= 0.3 is 7.60 Å². The van der Waals surface area contributed by atoms with Crippen molar-refractivity contribution in [3.63, 3.8) is 0 Å². The van der Waals surface area contributed by atoms with Gasteiger partial charge in [-0.2, -0.15) is 0 Å². The average molecular weight is 1040 g/mol. The molecule has 1 spiro atoms. The molecular formula is C53H57Cl2N6O10P. The second-order valence-electron chi connectivity index (χ2n) is 20.9. The van der Waals surface area contributed by atoms with Crippen LogP contribution in [-0.4, -0.2) is 101 Å². The molecule has 3 aliphatic carbocycles. The molecule has 3 fully saturated rings. The van der Waals surface area contributed by atoms with Crippen LogP contribution in [0.5, 0.6) is 5.75 Å². The summed E-state index contributed by atoms with van der Waals surface area (Å²) in [7, 11) is -3.96. The van der Waals surface area contributed by atoms with Gasteiger partial charge in [0, 0.05) is 96.4 Å². The van der Waals surface area contributed by atoms with Gasteiger partial charge in [-0.1, -0.05) is 68.8 Å². The molecule has 4 unspecified atom stereocenters. The zero-order valence-electron chi connectivity index (χ0n) is 40.5. The van der Waals surface area contributed by atoms with E-state index in [0.29, 0.717) is 74.1 Å². The minimum atomic E-state index is -3.96. The molecular weight excluding hydrogens is 982 g/mol. The number of hydrogen-bond acceptors (Lipinski definition) is 9. The van der Waals surface area contributed by atoms with E-state index in [4.69, 9.17) is 27.7 Å².